The van der Waals surface area contributed by atoms with E-state index in [0.717, 1.165) is 0 Å². The molecule has 16 heteroatoms. The molecule has 6 rings (SSSR count). The number of hydroxylamine groups is 1. The molecule has 0 radical (unpaired) electrons. The second-order valence-electron chi connectivity index (χ2n) is 13.2. The van der Waals surface area contributed by atoms with E-state index in [2.05, 4.69) is 17.4 Å². The number of ether oxygens (including phenoxy) is 4. The average molecular weight is 675 g/mol. The van der Waals surface area contributed by atoms with Crippen LogP contribution in [0.15, 0.2) is 30.9 Å². The third-order valence-electron chi connectivity index (χ3n) is 9.76. The van der Waals surface area contributed by atoms with Crippen molar-refractivity contribution in [3.05, 3.63) is 47.8 Å². The lowest BCUT2D eigenvalue weighted by atomic mass is 10.0. The van der Waals surface area contributed by atoms with Gasteiger partial charge in [-0.05, 0) is 24.0 Å². The van der Waals surface area contributed by atoms with Crippen molar-refractivity contribution >= 4 is 30.0 Å². The first-order chi connectivity index (χ1) is 22.9. The molecule has 3 amide bonds. The Bertz CT molecular complexity index is 1480. The van der Waals surface area contributed by atoms with Crippen LogP contribution in [-0.4, -0.2) is 100 Å². The number of hydrogen-bond donors (Lipinski definition) is 3. The third kappa shape index (κ3) is 6.56. The highest BCUT2D eigenvalue weighted by atomic mass is 19.1. The molecule has 15 nitrogen and oxygen atoms in total. The van der Waals surface area contributed by atoms with Crippen molar-refractivity contribution < 1.29 is 57.3 Å². The van der Waals surface area contributed by atoms with E-state index in [1.807, 2.05) is 0 Å². The largest absolute Gasteiger partial charge is 0.528 e. The number of amides is 3. The molecule has 2 saturated carbocycles. The molecule has 2 aliphatic carbocycles. The highest BCUT2D eigenvalue weighted by Crippen LogP contribution is 2.45. The number of carbonyl (C=O) groups excluding carboxylic acids is 4. The van der Waals surface area contributed by atoms with Crippen LogP contribution in [0.2, 0.25) is 0 Å². The van der Waals surface area contributed by atoms with Crippen molar-refractivity contribution in [3.8, 4) is 0 Å². The van der Waals surface area contributed by atoms with Gasteiger partial charge in [-0.3, -0.25) is 14.5 Å². The lowest BCUT2D eigenvalue weighted by Gasteiger charge is -2.30. The molecular formula is C32H39FN4O11. The zero-order chi connectivity index (χ0) is 34.3. The molecule has 2 saturated heterocycles. The number of fused-ring (bicyclic) bond motifs is 2. The lowest BCUT2D eigenvalue weighted by Crippen LogP contribution is -2.57. The number of likely N-dealkylation sites (tertiary alicyclic amines) is 1. The lowest BCUT2D eigenvalue weighted by molar-refractivity contribution is -0.147. The molecule has 48 heavy (non-hydrogen) atoms. The van der Waals surface area contributed by atoms with Crippen LogP contribution in [0, 0.1) is 17.7 Å². The molecule has 5 aliphatic rings. The first-order valence-corrected chi connectivity index (χ1v) is 16.0. The van der Waals surface area contributed by atoms with Crippen molar-refractivity contribution in [1.82, 2.24) is 20.6 Å². The number of rotatable bonds is 10. The fourth-order valence-electron chi connectivity index (χ4n) is 6.92. The van der Waals surface area contributed by atoms with Gasteiger partial charge in [-0.2, -0.15) is 0 Å². The number of hydrogen-bond acceptors (Lipinski definition) is 11. The predicted octanol–water partition coefficient (Wildman–Crippen LogP) is 1.98. The summed E-state index contributed by atoms with van der Waals surface area (Å²) < 4.78 is 36.3. The summed E-state index contributed by atoms with van der Waals surface area (Å²) in [6, 6.07) is 2.21. The first-order valence-electron chi connectivity index (χ1n) is 16.0. The van der Waals surface area contributed by atoms with E-state index in [1.54, 1.807) is 26.0 Å². The normalized spacial score (nSPS) is 30.8. The van der Waals surface area contributed by atoms with Crippen LogP contribution in [0.25, 0.3) is 0 Å². The Kier molecular flexibility index (Phi) is 9.33. The summed E-state index contributed by atoms with van der Waals surface area (Å²) >= 11 is 0. The molecule has 7 atom stereocenters. The van der Waals surface area contributed by atoms with Crippen LogP contribution >= 0.6 is 0 Å². The Labute approximate surface area is 275 Å². The van der Waals surface area contributed by atoms with Gasteiger partial charge in [0.1, 0.15) is 42.4 Å². The highest BCUT2D eigenvalue weighted by Gasteiger charge is 2.61. The molecule has 3 aliphatic heterocycles. The Balaban J connectivity index is 1.13. The Morgan fingerprint density at radius 2 is 1.81 bits per heavy atom. The number of benzene rings is 1. The fourth-order valence-corrected chi connectivity index (χ4v) is 6.92. The van der Waals surface area contributed by atoms with Gasteiger partial charge in [-0.1, -0.05) is 32.1 Å². The molecule has 1 aromatic carbocycles. The van der Waals surface area contributed by atoms with Crippen molar-refractivity contribution in [3.63, 3.8) is 0 Å². The number of halogens is 1. The zero-order valence-corrected chi connectivity index (χ0v) is 26.6. The Hall–Kier alpha value is -4.28. The van der Waals surface area contributed by atoms with Crippen molar-refractivity contribution in [1.29, 1.82) is 0 Å². The summed E-state index contributed by atoms with van der Waals surface area (Å²) in [4.78, 5) is 73.0. The van der Waals surface area contributed by atoms with Gasteiger partial charge in [-0.15, -0.1) is 12.1 Å². The summed E-state index contributed by atoms with van der Waals surface area (Å²) in [5.74, 6) is -4.03. The number of nitrogens with one attached hydrogen (secondary N) is 2. The van der Waals surface area contributed by atoms with Gasteiger partial charge in [0.2, 0.25) is 11.8 Å². The predicted molar refractivity (Wildman–Crippen MR) is 160 cm³/mol. The Morgan fingerprint density at radius 3 is 2.44 bits per heavy atom. The molecule has 0 spiro atoms. The van der Waals surface area contributed by atoms with E-state index in [0.29, 0.717) is 24.0 Å². The second kappa shape index (κ2) is 13.3. The van der Waals surface area contributed by atoms with Crippen LogP contribution < -0.4 is 10.8 Å². The maximum absolute atomic E-state index is 14.3. The van der Waals surface area contributed by atoms with Gasteiger partial charge in [0.15, 0.2) is 0 Å². The zero-order valence-electron chi connectivity index (χ0n) is 26.6. The molecular weight excluding hydrogens is 635 g/mol. The van der Waals surface area contributed by atoms with Gasteiger partial charge in [-0.25, -0.2) is 18.8 Å². The maximum Gasteiger partial charge on any atom is 0.528 e. The van der Waals surface area contributed by atoms with E-state index in [9.17, 15) is 33.5 Å². The monoisotopic (exact) mass is 674 g/mol. The molecule has 260 valence electrons. The Morgan fingerprint density at radius 1 is 1.08 bits per heavy atom. The van der Waals surface area contributed by atoms with Crippen LogP contribution in [0.1, 0.15) is 50.7 Å². The number of nitrogens with zero attached hydrogens (tertiary/aromatic N) is 2. The molecule has 4 unspecified atom stereocenters. The minimum atomic E-state index is -1.56. The van der Waals surface area contributed by atoms with Gasteiger partial charge in [0, 0.05) is 37.3 Å². The fraction of sp³-hybridized carbons (Fsp3) is 0.594. The molecule has 0 aromatic heterocycles. The maximum atomic E-state index is 14.3. The minimum absolute atomic E-state index is 0.000801. The summed E-state index contributed by atoms with van der Waals surface area (Å²) in [5.41, 5.74) is 1.94. The molecule has 0 bridgehead atoms. The summed E-state index contributed by atoms with van der Waals surface area (Å²) in [6.07, 6.45) is -1.25. The van der Waals surface area contributed by atoms with E-state index < -0.39 is 77.5 Å². The minimum Gasteiger partial charge on any atom is -0.479 e. The van der Waals surface area contributed by atoms with Gasteiger partial charge in [0.25, 0.3) is 0 Å². The topological polar surface area (TPSA) is 182 Å². The van der Waals surface area contributed by atoms with Crippen LogP contribution in [0.4, 0.5) is 14.0 Å². The van der Waals surface area contributed by atoms with Gasteiger partial charge >= 0.3 is 18.2 Å². The second-order valence-corrected chi connectivity index (χ2v) is 13.2. The standard InChI is InChI=1S/C32H39FN4O11/c1-4-18-11-32(18,29(40)41)34-27(38)23-8-20(46-30(42)36-12-17-6-5-7-22(33)21(17)14-36)13-37(23)28(39)26(16(2)3)35-48-31(43)47-19-9-24-25(10-19)45-15-44-24/h4-7,16,18-20,23-26,35H,1,8-15H2,2-3H3,(H,34,38)(H,40,41)/t18-,19?,20-,23+,24?,25?,26?,32?/m1/s1. The van der Waals surface area contributed by atoms with Crippen molar-refractivity contribution in [2.45, 2.75) is 94.7 Å². The highest BCUT2D eigenvalue weighted by molar-refractivity contribution is 5.95. The number of carboxylic acids is 1. The quantitative estimate of drug-likeness (QED) is 0.187. The van der Waals surface area contributed by atoms with Crippen LogP contribution in [0.5, 0.6) is 0 Å². The third-order valence-corrected chi connectivity index (χ3v) is 9.76. The van der Waals surface area contributed by atoms with Crippen LogP contribution in [0.3, 0.4) is 0 Å². The van der Waals surface area contributed by atoms with E-state index in [-0.39, 0.29) is 51.5 Å². The van der Waals surface area contributed by atoms with E-state index in [4.69, 9.17) is 23.8 Å². The van der Waals surface area contributed by atoms with Crippen molar-refractivity contribution in [2.24, 2.45) is 11.8 Å². The summed E-state index contributed by atoms with van der Waals surface area (Å²) in [5, 5.41) is 12.4. The van der Waals surface area contributed by atoms with E-state index in [1.165, 1.54) is 21.9 Å². The number of carbonyl (C=O) groups is 5. The average Bonchev–Trinajstić information content (AvgIpc) is 3.52. The number of carboxylic acid groups (broad SMARTS) is 1. The van der Waals surface area contributed by atoms with Gasteiger partial charge in [0.05, 0.1) is 25.3 Å². The van der Waals surface area contributed by atoms with Gasteiger partial charge < -0.3 is 39.1 Å². The van der Waals surface area contributed by atoms with Crippen molar-refractivity contribution in [2.75, 3.05) is 13.3 Å². The number of aliphatic carboxylic acids is 1. The first kappa shape index (κ1) is 33.6. The molecule has 3 N–H and O–H groups in total. The summed E-state index contributed by atoms with van der Waals surface area (Å²) in [7, 11) is 0. The van der Waals surface area contributed by atoms with Crippen LogP contribution in [-0.2, 0) is 51.3 Å². The summed E-state index contributed by atoms with van der Waals surface area (Å²) in [6.45, 7) is 7.15. The molecule has 4 fully saturated rings. The molecule has 3 heterocycles. The molecule has 1 aromatic rings. The smallest absolute Gasteiger partial charge is 0.479 e. The van der Waals surface area contributed by atoms with E-state index >= 15 is 0 Å². The SMILES string of the molecule is C=C[C@@H]1CC1(NC(=O)[C@@H]1C[C@@H](OC(=O)N2Cc3cccc(F)c3C2)CN1C(=O)C(NOC(=O)OC1CC2OCOC2C1)C(C)C)C(=O)O.